The average molecular weight is 510 g/mol. The summed E-state index contributed by atoms with van der Waals surface area (Å²) in [5.74, 6) is 1.90. The maximum atomic E-state index is 13.0. The Bertz CT molecular complexity index is 1430. The van der Waals surface area contributed by atoms with Crippen LogP contribution in [0.4, 0.5) is 17.7 Å². The SMILES string of the molecule is CC(C)NCc1cccc(CC(C)Nc2nccc(N3CCCn4c3nc(-c3ccccc3)cc4=O)n2)c1. The lowest BCUT2D eigenvalue weighted by atomic mass is 10.0. The lowest BCUT2D eigenvalue weighted by Crippen LogP contribution is -2.36. The van der Waals surface area contributed by atoms with E-state index in [1.54, 1.807) is 16.8 Å². The zero-order valence-electron chi connectivity index (χ0n) is 22.3. The minimum atomic E-state index is -0.0506. The number of fused-ring (bicyclic) bond motifs is 1. The number of rotatable bonds is 9. The quantitative estimate of drug-likeness (QED) is 0.336. The molecule has 196 valence electrons. The molecule has 0 fully saturated rings. The Morgan fingerprint density at radius 3 is 2.55 bits per heavy atom. The predicted octanol–water partition coefficient (Wildman–Crippen LogP) is 4.78. The molecule has 1 aliphatic rings. The van der Waals surface area contributed by atoms with Gasteiger partial charge in [-0.05, 0) is 37.0 Å². The van der Waals surface area contributed by atoms with Crippen molar-refractivity contribution in [3.63, 3.8) is 0 Å². The van der Waals surface area contributed by atoms with Gasteiger partial charge in [0.1, 0.15) is 5.82 Å². The minimum Gasteiger partial charge on any atom is -0.351 e. The molecule has 0 saturated heterocycles. The van der Waals surface area contributed by atoms with Crippen molar-refractivity contribution in [1.82, 2.24) is 24.8 Å². The summed E-state index contributed by atoms with van der Waals surface area (Å²) in [6.45, 7) is 8.68. The summed E-state index contributed by atoms with van der Waals surface area (Å²) in [6, 6.07) is 22.6. The second kappa shape index (κ2) is 11.6. The smallest absolute Gasteiger partial charge is 0.255 e. The van der Waals surface area contributed by atoms with Crippen molar-refractivity contribution in [2.45, 2.75) is 58.8 Å². The van der Waals surface area contributed by atoms with Crippen LogP contribution in [0.2, 0.25) is 0 Å². The number of anilines is 3. The molecule has 2 aromatic carbocycles. The molecule has 0 spiro atoms. The molecule has 5 rings (SSSR count). The van der Waals surface area contributed by atoms with E-state index in [2.05, 4.69) is 60.7 Å². The van der Waals surface area contributed by atoms with E-state index in [9.17, 15) is 4.79 Å². The van der Waals surface area contributed by atoms with E-state index in [0.717, 1.165) is 37.3 Å². The molecule has 0 aliphatic carbocycles. The van der Waals surface area contributed by atoms with Crippen molar-refractivity contribution < 1.29 is 0 Å². The standard InChI is InChI=1S/C30H35N7O/c1-21(2)32-20-24-10-7-9-23(18-24)17-22(3)33-29-31-14-13-27(35-29)36-15-8-16-37-28(38)19-26(34-30(36)37)25-11-5-4-6-12-25/h4-7,9-14,18-19,21-22,32H,8,15-17,20H2,1-3H3,(H,31,33,35). The van der Waals surface area contributed by atoms with Crippen molar-refractivity contribution in [3.05, 3.63) is 94.4 Å². The van der Waals surface area contributed by atoms with Crippen LogP contribution in [0.5, 0.6) is 0 Å². The topological polar surface area (TPSA) is 88.0 Å². The third-order valence-electron chi connectivity index (χ3n) is 6.60. The molecule has 8 heteroatoms. The summed E-state index contributed by atoms with van der Waals surface area (Å²) in [6.07, 6.45) is 3.45. The van der Waals surface area contributed by atoms with Gasteiger partial charge in [0.05, 0.1) is 5.69 Å². The van der Waals surface area contributed by atoms with Gasteiger partial charge in [-0.3, -0.25) is 14.3 Å². The largest absolute Gasteiger partial charge is 0.351 e. The van der Waals surface area contributed by atoms with Crippen molar-refractivity contribution in [1.29, 1.82) is 0 Å². The van der Waals surface area contributed by atoms with Gasteiger partial charge < -0.3 is 10.6 Å². The molecule has 2 aromatic heterocycles. The number of nitrogens with one attached hydrogen (secondary N) is 2. The van der Waals surface area contributed by atoms with Gasteiger partial charge in [-0.25, -0.2) is 9.97 Å². The molecule has 0 amide bonds. The Kier molecular flexibility index (Phi) is 7.79. The van der Waals surface area contributed by atoms with Crippen molar-refractivity contribution in [2.75, 3.05) is 16.8 Å². The lowest BCUT2D eigenvalue weighted by molar-refractivity contribution is 0.561. The molecule has 2 N–H and O–H groups in total. The van der Waals surface area contributed by atoms with Gasteiger partial charge >= 0.3 is 0 Å². The fourth-order valence-electron chi connectivity index (χ4n) is 4.75. The maximum Gasteiger partial charge on any atom is 0.255 e. The molecule has 1 atom stereocenters. The van der Waals surface area contributed by atoms with Gasteiger partial charge in [-0.1, -0.05) is 68.4 Å². The lowest BCUT2D eigenvalue weighted by Gasteiger charge is -2.30. The zero-order valence-corrected chi connectivity index (χ0v) is 22.3. The highest BCUT2D eigenvalue weighted by Gasteiger charge is 2.23. The fourth-order valence-corrected chi connectivity index (χ4v) is 4.75. The molecule has 0 bridgehead atoms. The van der Waals surface area contributed by atoms with Crippen LogP contribution in [0.3, 0.4) is 0 Å². The fraction of sp³-hybridized carbons (Fsp3) is 0.333. The van der Waals surface area contributed by atoms with Crippen molar-refractivity contribution in [2.24, 2.45) is 0 Å². The number of hydrogen-bond donors (Lipinski definition) is 2. The third kappa shape index (κ3) is 6.08. The Hall–Kier alpha value is -4.04. The summed E-state index contributed by atoms with van der Waals surface area (Å²) in [5.41, 5.74) is 4.08. The van der Waals surface area contributed by atoms with Crippen LogP contribution < -0.4 is 21.1 Å². The van der Waals surface area contributed by atoms with E-state index < -0.39 is 0 Å². The monoisotopic (exact) mass is 509 g/mol. The van der Waals surface area contributed by atoms with Crippen LogP contribution in [0, 0.1) is 0 Å². The number of aromatic nitrogens is 4. The summed E-state index contributed by atoms with van der Waals surface area (Å²) >= 11 is 0. The molecular formula is C30H35N7O. The van der Waals surface area contributed by atoms with Crippen LogP contribution >= 0.6 is 0 Å². The Balaban J connectivity index is 1.34. The Labute approximate surface area is 223 Å². The second-order valence-electron chi connectivity index (χ2n) is 10.1. The highest BCUT2D eigenvalue weighted by Crippen LogP contribution is 2.28. The Morgan fingerprint density at radius 1 is 0.921 bits per heavy atom. The van der Waals surface area contributed by atoms with Gasteiger partial charge in [-0.15, -0.1) is 0 Å². The molecule has 8 nitrogen and oxygen atoms in total. The summed E-state index contributed by atoms with van der Waals surface area (Å²) in [5, 5.41) is 6.93. The predicted molar refractivity (Wildman–Crippen MR) is 153 cm³/mol. The van der Waals surface area contributed by atoms with Gasteiger partial charge in [0.15, 0.2) is 0 Å². The first-order valence-corrected chi connectivity index (χ1v) is 13.3. The van der Waals surface area contributed by atoms with Gasteiger partial charge in [-0.2, -0.15) is 4.98 Å². The average Bonchev–Trinajstić information content (AvgIpc) is 2.92. The van der Waals surface area contributed by atoms with Crippen molar-refractivity contribution in [3.8, 4) is 11.3 Å². The van der Waals surface area contributed by atoms with Gasteiger partial charge in [0, 0.05) is 49.5 Å². The number of benzene rings is 2. The molecule has 38 heavy (non-hydrogen) atoms. The van der Waals surface area contributed by atoms with Crippen LogP contribution in [0.15, 0.2) is 77.7 Å². The normalized spacial score (nSPS) is 13.8. The molecule has 3 heterocycles. The zero-order chi connectivity index (χ0) is 26.5. The van der Waals surface area contributed by atoms with E-state index in [1.807, 2.05) is 41.3 Å². The van der Waals surface area contributed by atoms with E-state index in [-0.39, 0.29) is 11.6 Å². The molecule has 0 radical (unpaired) electrons. The van der Waals surface area contributed by atoms with Crippen LogP contribution in [0.25, 0.3) is 11.3 Å². The summed E-state index contributed by atoms with van der Waals surface area (Å²) in [4.78, 5) is 29.2. The summed E-state index contributed by atoms with van der Waals surface area (Å²) < 4.78 is 1.73. The van der Waals surface area contributed by atoms with Crippen LogP contribution in [-0.2, 0) is 19.5 Å². The minimum absolute atomic E-state index is 0.0506. The molecular weight excluding hydrogens is 474 g/mol. The number of nitrogens with zero attached hydrogens (tertiary/aromatic N) is 5. The van der Waals surface area contributed by atoms with Crippen molar-refractivity contribution >= 4 is 17.7 Å². The maximum absolute atomic E-state index is 13.0. The Morgan fingerprint density at radius 2 is 1.74 bits per heavy atom. The first kappa shape index (κ1) is 25.6. The molecule has 0 saturated carbocycles. The highest BCUT2D eigenvalue weighted by molar-refractivity contribution is 5.63. The van der Waals surface area contributed by atoms with E-state index in [1.165, 1.54) is 11.1 Å². The third-order valence-corrected chi connectivity index (χ3v) is 6.60. The molecule has 1 aliphatic heterocycles. The molecule has 4 aromatic rings. The van der Waals surface area contributed by atoms with Gasteiger partial charge in [0.25, 0.3) is 5.56 Å². The van der Waals surface area contributed by atoms with E-state index in [0.29, 0.717) is 30.2 Å². The van der Waals surface area contributed by atoms with E-state index in [4.69, 9.17) is 9.97 Å². The first-order chi connectivity index (χ1) is 18.5. The second-order valence-corrected chi connectivity index (χ2v) is 10.1. The first-order valence-electron chi connectivity index (χ1n) is 13.3. The van der Waals surface area contributed by atoms with E-state index >= 15 is 0 Å². The molecule has 1 unspecified atom stereocenters. The number of hydrogen-bond acceptors (Lipinski definition) is 7. The van der Waals surface area contributed by atoms with Crippen LogP contribution in [-0.4, -0.2) is 38.1 Å². The van der Waals surface area contributed by atoms with Crippen LogP contribution in [0.1, 0.15) is 38.3 Å². The summed E-state index contributed by atoms with van der Waals surface area (Å²) in [7, 11) is 0. The highest BCUT2D eigenvalue weighted by atomic mass is 16.1. The van der Waals surface area contributed by atoms with Gasteiger partial charge in [0.2, 0.25) is 11.9 Å².